The fourth-order valence-corrected chi connectivity index (χ4v) is 2.41. The molecule has 1 aromatic rings. The fourth-order valence-electron chi connectivity index (χ4n) is 1.96. The van der Waals surface area contributed by atoms with E-state index >= 15 is 0 Å². The Kier molecular flexibility index (Phi) is 6.19. The number of nitrogens with one attached hydrogen (secondary N) is 1. The molecular formula is C13H24N4O3S. The highest BCUT2D eigenvalue weighted by Gasteiger charge is 2.15. The second-order valence-corrected chi connectivity index (χ2v) is 6.89. The van der Waals surface area contributed by atoms with Gasteiger partial charge in [-0.2, -0.15) is 0 Å². The lowest BCUT2D eigenvalue weighted by atomic mass is 10.3. The quantitative estimate of drug-likeness (QED) is 0.744. The molecule has 2 atom stereocenters. The highest BCUT2D eigenvalue weighted by atomic mass is 32.2. The Morgan fingerprint density at radius 3 is 2.52 bits per heavy atom. The van der Waals surface area contributed by atoms with Gasteiger partial charge in [0.05, 0.1) is 0 Å². The Morgan fingerprint density at radius 1 is 1.38 bits per heavy atom. The van der Waals surface area contributed by atoms with Crippen LogP contribution in [-0.2, 0) is 24.4 Å². The Hall–Kier alpha value is -1.57. The van der Waals surface area contributed by atoms with Crippen LogP contribution in [0.25, 0.3) is 0 Å². The molecule has 0 aliphatic heterocycles. The van der Waals surface area contributed by atoms with Gasteiger partial charge in [-0.3, -0.25) is 18.1 Å². The molecule has 0 aliphatic carbocycles. The van der Waals surface area contributed by atoms with Crippen molar-refractivity contribution in [3.63, 3.8) is 0 Å². The van der Waals surface area contributed by atoms with E-state index in [1.165, 1.54) is 11.6 Å². The van der Waals surface area contributed by atoms with Crippen LogP contribution in [0.4, 0.5) is 11.5 Å². The summed E-state index contributed by atoms with van der Waals surface area (Å²) < 4.78 is 13.8. The van der Waals surface area contributed by atoms with Crippen molar-refractivity contribution in [1.82, 2.24) is 9.13 Å². The van der Waals surface area contributed by atoms with E-state index in [1.807, 2.05) is 13.8 Å². The lowest BCUT2D eigenvalue weighted by Gasteiger charge is -2.16. The van der Waals surface area contributed by atoms with Crippen molar-refractivity contribution >= 4 is 22.3 Å². The van der Waals surface area contributed by atoms with Crippen LogP contribution in [0.2, 0.25) is 0 Å². The fraction of sp³-hybridized carbons (Fsp3) is 0.692. The lowest BCUT2D eigenvalue weighted by Crippen LogP contribution is -2.41. The van der Waals surface area contributed by atoms with E-state index in [1.54, 1.807) is 6.26 Å². The summed E-state index contributed by atoms with van der Waals surface area (Å²) in [5.41, 5.74) is 5.34. The van der Waals surface area contributed by atoms with E-state index in [2.05, 4.69) is 5.32 Å². The van der Waals surface area contributed by atoms with Crippen molar-refractivity contribution in [3.05, 3.63) is 20.8 Å². The second kappa shape index (κ2) is 7.44. The Morgan fingerprint density at radius 2 is 2.00 bits per heavy atom. The molecule has 2 unspecified atom stereocenters. The minimum atomic E-state index is -0.904. The van der Waals surface area contributed by atoms with Gasteiger partial charge in [-0.15, -0.1) is 0 Å². The maximum atomic E-state index is 12.1. The van der Waals surface area contributed by atoms with Crippen LogP contribution in [0, 0.1) is 0 Å². The summed E-state index contributed by atoms with van der Waals surface area (Å²) in [6.07, 6.45) is 3.05. The Labute approximate surface area is 126 Å². The van der Waals surface area contributed by atoms with Gasteiger partial charge in [0.2, 0.25) is 0 Å². The summed E-state index contributed by atoms with van der Waals surface area (Å²) in [7, 11) is 0.532. The van der Waals surface area contributed by atoms with Gasteiger partial charge in [0.25, 0.3) is 5.56 Å². The van der Waals surface area contributed by atoms with E-state index < -0.39 is 22.0 Å². The molecule has 1 aromatic heterocycles. The largest absolute Gasteiger partial charge is 0.383 e. The average molecular weight is 316 g/mol. The summed E-state index contributed by atoms with van der Waals surface area (Å²) in [5, 5.41) is 3.01. The predicted molar refractivity (Wildman–Crippen MR) is 87.3 cm³/mol. The number of hydrogen-bond donors (Lipinski definition) is 2. The van der Waals surface area contributed by atoms with Crippen LogP contribution >= 0.6 is 0 Å². The number of nitrogen functional groups attached to an aromatic ring is 1. The van der Waals surface area contributed by atoms with Gasteiger partial charge in [0.1, 0.15) is 11.5 Å². The van der Waals surface area contributed by atoms with Crippen molar-refractivity contribution in [3.8, 4) is 0 Å². The van der Waals surface area contributed by atoms with Gasteiger partial charge in [-0.05, 0) is 12.8 Å². The predicted octanol–water partition coefficient (Wildman–Crippen LogP) is 0.108. The van der Waals surface area contributed by atoms with E-state index in [9.17, 15) is 13.8 Å². The maximum Gasteiger partial charge on any atom is 0.332 e. The number of anilines is 2. The number of rotatable bonds is 7. The number of aromatic nitrogens is 2. The molecule has 8 heteroatoms. The summed E-state index contributed by atoms with van der Waals surface area (Å²) in [5.74, 6) is 0.162. The van der Waals surface area contributed by atoms with E-state index in [4.69, 9.17) is 5.73 Å². The van der Waals surface area contributed by atoms with Crippen molar-refractivity contribution in [2.45, 2.75) is 38.5 Å². The third-order valence-electron chi connectivity index (χ3n) is 3.45. The molecule has 0 bridgehead atoms. The first-order valence-corrected chi connectivity index (χ1v) is 8.58. The third-order valence-corrected chi connectivity index (χ3v) is 4.82. The first kappa shape index (κ1) is 17.5. The van der Waals surface area contributed by atoms with Crippen LogP contribution in [-0.4, -0.2) is 31.4 Å². The molecular weight excluding hydrogens is 292 g/mol. The highest BCUT2D eigenvalue weighted by molar-refractivity contribution is 7.84. The third kappa shape index (κ3) is 3.96. The van der Waals surface area contributed by atoms with Gasteiger partial charge in [-0.1, -0.05) is 13.8 Å². The van der Waals surface area contributed by atoms with Crippen molar-refractivity contribution in [1.29, 1.82) is 0 Å². The molecule has 0 radical (unpaired) electrons. The molecule has 0 aromatic carbocycles. The minimum Gasteiger partial charge on any atom is -0.383 e. The van der Waals surface area contributed by atoms with Crippen LogP contribution in [0.1, 0.15) is 26.7 Å². The summed E-state index contributed by atoms with van der Waals surface area (Å²) in [6.45, 7) is 4.76. The number of nitrogens with zero attached hydrogens (tertiary/aromatic N) is 2. The molecule has 0 saturated heterocycles. The first-order valence-electron chi connectivity index (χ1n) is 6.96. The van der Waals surface area contributed by atoms with Crippen molar-refractivity contribution in [2.75, 3.05) is 23.9 Å². The van der Waals surface area contributed by atoms with Crippen LogP contribution in [0.15, 0.2) is 9.59 Å². The molecule has 1 heterocycles. The molecule has 3 N–H and O–H groups in total. The first-order chi connectivity index (χ1) is 9.81. The smallest absolute Gasteiger partial charge is 0.332 e. The molecule has 0 spiro atoms. The monoisotopic (exact) mass is 316 g/mol. The van der Waals surface area contributed by atoms with Crippen LogP contribution < -0.4 is 22.3 Å². The normalized spacial score (nSPS) is 13.9. The molecule has 21 heavy (non-hydrogen) atoms. The maximum absolute atomic E-state index is 12.1. The van der Waals surface area contributed by atoms with Gasteiger partial charge in [0, 0.05) is 42.4 Å². The van der Waals surface area contributed by atoms with Gasteiger partial charge < -0.3 is 11.1 Å². The van der Waals surface area contributed by atoms with E-state index in [-0.39, 0.29) is 16.8 Å². The summed E-state index contributed by atoms with van der Waals surface area (Å²) in [6, 6.07) is 0. The van der Waals surface area contributed by atoms with Crippen LogP contribution in [0.3, 0.4) is 0 Å². The molecule has 0 saturated carbocycles. The van der Waals surface area contributed by atoms with Crippen molar-refractivity contribution < 1.29 is 4.21 Å². The topological polar surface area (TPSA) is 99.1 Å². The minimum absolute atomic E-state index is 0.0316. The highest BCUT2D eigenvalue weighted by Crippen LogP contribution is 2.11. The zero-order chi connectivity index (χ0) is 16.2. The Balaban J connectivity index is 3.05. The van der Waals surface area contributed by atoms with Gasteiger partial charge in [0.15, 0.2) is 0 Å². The summed E-state index contributed by atoms with van der Waals surface area (Å²) >= 11 is 0. The van der Waals surface area contributed by atoms with E-state index in [0.717, 1.165) is 11.0 Å². The van der Waals surface area contributed by atoms with E-state index in [0.29, 0.717) is 19.5 Å². The van der Waals surface area contributed by atoms with Crippen LogP contribution in [0.5, 0.6) is 0 Å². The SMILES string of the molecule is CCCn1c(N)c(NCCC(C)S(C)=O)c(=O)n(C)c1=O. The summed E-state index contributed by atoms with van der Waals surface area (Å²) in [4.78, 5) is 24.1. The zero-order valence-electron chi connectivity index (χ0n) is 13.0. The molecule has 0 aliphatic rings. The molecule has 7 nitrogen and oxygen atoms in total. The van der Waals surface area contributed by atoms with Gasteiger partial charge in [-0.25, -0.2) is 4.79 Å². The number of nitrogens with two attached hydrogens (primary N) is 1. The average Bonchev–Trinajstić information content (AvgIpc) is 2.44. The number of hydrogen-bond acceptors (Lipinski definition) is 5. The van der Waals surface area contributed by atoms with Crippen molar-refractivity contribution in [2.24, 2.45) is 7.05 Å². The standard InChI is InChI=1S/C13H24N4O3S/c1-5-8-17-11(14)10(12(18)16(3)13(17)19)15-7-6-9(2)21(4)20/h9,15H,5-8,14H2,1-4H3. The molecule has 120 valence electrons. The lowest BCUT2D eigenvalue weighted by molar-refractivity contribution is 0.600. The molecule has 1 rings (SSSR count). The van der Waals surface area contributed by atoms with Gasteiger partial charge >= 0.3 is 5.69 Å². The molecule has 0 fully saturated rings. The second-order valence-electron chi connectivity index (χ2n) is 5.08. The Bertz CT molecular complexity index is 636. The molecule has 0 amide bonds. The zero-order valence-corrected chi connectivity index (χ0v) is 13.8.